The van der Waals surface area contributed by atoms with Crippen LogP contribution in [-0.2, 0) is 6.42 Å². The van der Waals surface area contributed by atoms with Crippen molar-refractivity contribution < 1.29 is 9.13 Å². The summed E-state index contributed by atoms with van der Waals surface area (Å²) in [5.41, 5.74) is 5.37. The third-order valence-electron chi connectivity index (χ3n) is 6.32. The number of rotatable bonds is 9. The van der Waals surface area contributed by atoms with E-state index in [0.717, 1.165) is 25.2 Å². The average Bonchev–Trinajstić information content (AvgIpc) is 2.73. The number of hydrogen-bond donors (Lipinski definition) is 0. The van der Waals surface area contributed by atoms with Gasteiger partial charge in [-0.25, -0.2) is 0 Å². The number of alkyl halides is 1. The minimum Gasteiger partial charge on any atom is -0.493 e. The molecule has 0 spiro atoms. The third kappa shape index (κ3) is 5.36. The number of hydrogen-bond acceptors (Lipinski definition) is 1. The Hall–Kier alpha value is -1.31. The maximum Gasteiger partial charge on any atom is 0.123 e. The van der Waals surface area contributed by atoms with Crippen LogP contribution in [0, 0.1) is 0 Å². The van der Waals surface area contributed by atoms with E-state index in [1.807, 2.05) is 0 Å². The van der Waals surface area contributed by atoms with Crippen molar-refractivity contribution in [2.45, 2.75) is 96.3 Å². The quantitative estimate of drug-likeness (QED) is 0.402. The van der Waals surface area contributed by atoms with Crippen LogP contribution in [0.2, 0.25) is 0 Å². The minimum atomic E-state index is -0.278. The van der Waals surface area contributed by atoms with E-state index in [-0.39, 0.29) is 6.67 Å². The van der Waals surface area contributed by atoms with Crippen molar-refractivity contribution in [3.05, 3.63) is 34.9 Å². The van der Waals surface area contributed by atoms with Gasteiger partial charge in [0.05, 0.1) is 13.3 Å². The van der Waals surface area contributed by atoms with Crippen molar-refractivity contribution in [3.63, 3.8) is 0 Å². The maximum absolute atomic E-state index is 13.6. The largest absolute Gasteiger partial charge is 0.493 e. The van der Waals surface area contributed by atoms with Crippen LogP contribution < -0.4 is 4.74 Å². The number of ether oxygens (including phenoxy) is 1. The molecule has 0 heterocycles. The van der Waals surface area contributed by atoms with Crippen LogP contribution in [-0.4, -0.2) is 13.3 Å². The molecule has 150 valence electrons. The van der Waals surface area contributed by atoms with Gasteiger partial charge in [0.25, 0.3) is 0 Å². The second-order valence-electron chi connectivity index (χ2n) is 8.31. The Balaban J connectivity index is 1.96. The molecular formula is C25H37FO. The van der Waals surface area contributed by atoms with Gasteiger partial charge in [0.2, 0.25) is 0 Å². The Labute approximate surface area is 165 Å². The summed E-state index contributed by atoms with van der Waals surface area (Å²) in [7, 11) is 0. The number of allylic oxidation sites excluding steroid dienone is 2. The molecule has 0 saturated heterocycles. The van der Waals surface area contributed by atoms with Crippen LogP contribution >= 0.6 is 0 Å². The summed E-state index contributed by atoms with van der Waals surface area (Å²) in [5.74, 6) is 1.59. The van der Waals surface area contributed by atoms with Crippen molar-refractivity contribution in [1.29, 1.82) is 0 Å². The molecule has 0 atom stereocenters. The highest BCUT2D eigenvalue weighted by molar-refractivity contribution is 5.71. The maximum atomic E-state index is 13.6. The Morgan fingerprint density at radius 3 is 2.59 bits per heavy atom. The smallest absolute Gasteiger partial charge is 0.123 e. The second-order valence-corrected chi connectivity index (χ2v) is 8.31. The molecule has 1 aromatic carbocycles. The van der Waals surface area contributed by atoms with Crippen molar-refractivity contribution in [1.82, 2.24) is 0 Å². The Morgan fingerprint density at radius 1 is 1.04 bits per heavy atom. The summed E-state index contributed by atoms with van der Waals surface area (Å²) in [6.45, 7) is 2.73. The molecule has 1 saturated carbocycles. The summed E-state index contributed by atoms with van der Waals surface area (Å²) in [6, 6.07) is 4.42. The first kappa shape index (κ1) is 20.4. The van der Waals surface area contributed by atoms with E-state index in [0.29, 0.717) is 12.3 Å². The molecule has 2 aliphatic rings. The standard InChI is InChI=1S/C25H37FO/c1-2-3-10-19-27-24-16-15-22(20-11-6-4-7-12-20)23(17-18-26)25(24)21-13-8-5-9-14-21/h11,15-16,21H,2-10,12-14,17-19H2,1H3. The van der Waals surface area contributed by atoms with Crippen LogP contribution in [0.3, 0.4) is 0 Å². The molecule has 1 fully saturated rings. The van der Waals surface area contributed by atoms with E-state index in [9.17, 15) is 4.39 Å². The molecule has 0 aromatic heterocycles. The van der Waals surface area contributed by atoms with Crippen LogP contribution in [0.5, 0.6) is 5.75 Å². The van der Waals surface area contributed by atoms with Gasteiger partial charge < -0.3 is 4.74 Å². The molecular weight excluding hydrogens is 335 g/mol. The van der Waals surface area contributed by atoms with Gasteiger partial charge in [-0.05, 0) is 73.6 Å². The molecule has 3 rings (SSSR count). The molecule has 1 aromatic rings. The van der Waals surface area contributed by atoms with Gasteiger partial charge in [-0.1, -0.05) is 51.2 Å². The summed E-state index contributed by atoms with van der Waals surface area (Å²) >= 11 is 0. The fourth-order valence-corrected chi connectivity index (χ4v) is 4.89. The van der Waals surface area contributed by atoms with Crippen molar-refractivity contribution in [3.8, 4) is 5.75 Å². The molecule has 27 heavy (non-hydrogen) atoms. The van der Waals surface area contributed by atoms with Gasteiger partial charge >= 0.3 is 0 Å². The molecule has 2 heteroatoms. The van der Waals surface area contributed by atoms with Gasteiger partial charge in [-0.3, -0.25) is 4.39 Å². The molecule has 0 radical (unpaired) electrons. The van der Waals surface area contributed by atoms with Crippen LogP contribution in [0.25, 0.3) is 5.57 Å². The lowest BCUT2D eigenvalue weighted by molar-refractivity contribution is 0.297. The van der Waals surface area contributed by atoms with Gasteiger partial charge in [0.15, 0.2) is 0 Å². The van der Waals surface area contributed by atoms with Crippen LogP contribution in [0.4, 0.5) is 4.39 Å². The molecule has 0 N–H and O–H groups in total. The SMILES string of the molecule is CCCCCOc1ccc(C2=CCCCC2)c(CCF)c1C1CCCCC1. The highest BCUT2D eigenvalue weighted by Crippen LogP contribution is 2.43. The van der Waals surface area contributed by atoms with E-state index in [1.165, 1.54) is 86.5 Å². The summed E-state index contributed by atoms with van der Waals surface area (Å²) in [4.78, 5) is 0. The first-order valence-electron chi connectivity index (χ1n) is 11.4. The predicted octanol–water partition coefficient (Wildman–Crippen LogP) is 7.77. The summed E-state index contributed by atoms with van der Waals surface area (Å²) in [6.07, 6.45) is 17.7. The molecule has 0 bridgehead atoms. The average molecular weight is 373 g/mol. The highest BCUT2D eigenvalue weighted by Gasteiger charge is 2.25. The summed E-state index contributed by atoms with van der Waals surface area (Å²) in [5, 5.41) is 0. The van der Waals surface area contributed by atoms with Crippen molar-refractivity contribution >= 4 is 5.57 Å². The molecule has 0 amide bonds. The highest BCUT2D eigenvalue weighted by atomic mass is 19.1. The first-order chi connectivity index (χ1) is 13.3. The van der Waals surface area contributed by atoms with E-state index in [2.05, 4.69) is 25.1 Å². The van der Waals surface area contributed by atoms with Gasteiger partial charge in [-0.2, -0.15) is 0 Å². The fraction of sp³-hybridized carbons (Fsp3) is 0.680. The zero-order chi connectivity index (χ0) is 18.9. The molecule has 0 unspecified atom stereocenters. The third-order valence-corrected chi connectivity index (χ3v) is 6.32. The first-order valence-corrected chi connectivity index (χ1v) is 11.4. The fourth-order valence-electron chi connectivity index (χ4n) is 4.89. The van der Waals surface area contributed by atoms with Crippen molar-refractivity contribution in [2.24, 2.45) is 0 Å². The van der Waals surface area contributed by atoms with E-state index in [1.54, 1.807) is 0 Å². The molecule has 2 aliphatic carbocycles. The Morgan fingerprint density at radius 2 is 1.89 bits per heavy atom. The number of halogens is 1. The lowest BCUT2D eigenvalue weighted by atomic mass is 9.78. The van der Waals surface area contributed by atoms with Gasteiger partial charge in [0, 0.05) is 12.0 Å². The van der Waals surface area contributed by atoms with Crippen LogP contribution in [0.1, 0.15) is 107 Å². The predicted molar refractivity (Wildman–Crippen MR) is 113 cm³/mol. The zero-order valence-corrected chi connectivity index (χ0v) is 17.2. The van der Waals surface area contributed by atoms with Gasteiger partial charge in [0.1, 0.15) is 5.75 Å². The number of unbranched alkanes of at least 4 members (excludes halogenated alkanes) is 2. The lowest BCUT2D eigenvalue weighted by Crippen LogP contribution is -2.13. The monoisotopic (exact) mass is 372 g/mol. The normalized spacial score (nSPS) is 18.4. The van der Waals surface area contributed by atoms with E-state index in [4.69, 9.17) is 4.74 Å². The minimum absolute atomic E-state index is 0.278. The van der Waals surface area contributed by atoms with E-state index < -0.39 is 0 Å². The second kappa shape index (κ2) is 10.9. The Kier molecular flexibility index (Phi) is 8.23. The Bertz CT molecular complexity index is 613. The molecule has 1 nitrogen and oxygen atoms in total. The van der Waals surface area contributed by atoms with Crippen molar-refractivity contribution in [2.75, 3.05) is 13.3 Å². The van der Waals surface area contributed by atoms with E-state index >= 15 is 0 Å². The summed E-state index contributed by atoms with van der Waals surface area (Å²) < 4.78 is 19.9. The number of benzene rings is 1. The zero-order valence-electron chi connectivity index (χ0n) is 17.2. The molecule has 0 aliphatic heterocycles. The lowest BCUT2D eigenvalue weighted by Gasteiger charge is -2.29. The topological polar surface area (TPSA) is 9.23 Å². The van der Waals surface area contributed by atoms with Crippen LogP contribution in [0.15, 0.2) is 18.2 Å². The van der Waals surface area contributed by atoms with Gasteiger partial charge in [-0.15, -0.1) is 0 Å².